The third kappa shape index (κ3) is 2.44. The second kappa shape index (κ2) is 5.69. The van der Waals surface area contributed by atoms with Crippen LogP contribution >= 0.6 is 11.3 Å². The molecule has 0 saturated carbocycles. The van der Waals surface area contributed by atoms with Crippen LogP contribution in [-0.2, 0) is 0 Å². The highest BCUT2D eigenvalue weighted by molar-refractivity contribution is 7.19. The molecule has 1 aromatic rings. The Morgan fingerprint density at radius 1 is 1.55 bits per heavy atom. The van der Waals surface area contributed by atoms with Crippen LogP contribution in [0.25, 0.3) is 0 Å². The average Bonchev–Trinajstić information content (AvgIpc) is 2.74. The van der Waals surface area contributed by atoms with E-state index >= 15 is 0 Å². The summed E-state index contributed by atoms with van der Waals surface area (Å²) < 4.78 is 0. The van der Waals surface area contributed by atoms with Crippen LogP contribution in [0.4, 0.5) is 10.7 Å². The zero-order valence-electron chi connectivity index (χ0n) is 11.9. The maximum atomic E-state index is 11.8. The minimum atomic E-state index is -0.239. The van der Waals surface area contributed by atoms with Crippen molar-refractivity contribution in [3.63, 3.8) is 0 Å². The first-order chi connectivity index (χ1) is 9.49. The predicted molar refractivity (Wildman–Crippen MR) is 81.1 cm³/mol. The number of thiophene rings is 1. The first-order valence-electron chi connectivity index (χ1n) is 6.49. The minimum Gasteiger partial charge on any atom is -0.396 e. The van der Waals surface area contributed by atoms with Gasteiger partial charge in [0, 0.05) is 32.7 Å². The number of anilines is 2. The number of carbonyl (C=O) groups is 1. The molecule has 1 aliphatic heterocycles. The predicted octanol–water partition coefficient (Wildman–Crippen LogP) is 0.702. The van der Waals surface area contributed by atoms with Gasteiger partial charge in [0.05, 0.1) is 5.69 Å². The second-order valence-electron chi connectivity index (χ2n) is 5.02. The quantitative estimate of drug-likeness (QED) is 0.838. The summed E-state index contributed by atoms with van der Waals surface area (Å²) in [5, 5.41) is 12.7. The molecular formula is C13H19N5OS. The molecule has 7 heteroatoms. The van der Waals surface area contributed by atoms with Gasteiger partial charge in [-0.1, -0.05) is 0 Å². The van der Waals surface area contributed by atoms with E-state index in [0.717, 1.165) is 24.6 Å². The van der Waals surface area contributed by atoms with Crippen LogP contribution in [-0.4, -0.2) is 50.6 Å². The zero-order valence-corrected chi connectivity index (χ0v) is 12.8. The number of piperazine rings is 1. The van der Waals surface area contributed by atoms with Gasteiger partial charge in [-0.2, -0.15) is 5.26 Å². The Morgan fingerprint density at radius 2 is 2.25 bits per heavy atom. The fourth-order valence-corrected chi connectivity index (χ4v) is 3.71. The molecule has 1 aromatic heterocycles. The Hall–Kier alpha value is -1.78. The van der Waals surface area contributed by atoms with E-state index in [1.54, 1.807) is 7.05 Å². The monoisotopic (exact) mass is 293 g/mol. The van der Waals surface area contributed by atoms with Crippen molar-refractivity contribution >= 4 is 27.9 Å². The molecule has 0 bridgehead atoms. The summed E-state index contributed by atoms with van der Waals surface area (Å²) in [5.41, 5.74) is 6.67. The molecule has 1 amide bonds. The van der Waals surface area contributed by atoms with Gasteiger partial charge in [-0.05, 0) is 14.0 Å². The average molecular weight is 293 g/mol. The Balaban J connectivity index is 2.42. The first kappa shape index (κ1) is 14.6. The van der Waals surface area contributed by atoms with Gasteiger partial charge in [-0.25, -0.2) is 0 Å². The normalized spacial score (nSPS) is 19.7. The third-order valence-corrected chi connectivity index (χ3v) is 4.80. The molecule has 20 heavy (non-hydrogen) atoms. The van der Waals surface area contributed by atoms with E-state index in [0.29, 0.717) is 10.4 Å². The fraction of sp³-hybridized carbons (Fsp3) is 0.538. The van der Waals surface area contributed by atoms with Gasteiger partial charge in [0.15, 0.2) is 0 Å². The Bertz CT molecular complexity index is 562. The summed E-state index contributed by atoms with van der Waals surface area (Å²) in [4.78, 5) is 16.7. The molecule has 2 heterocycles. The third-order valence-electron chi connectivity index (χ3n) is 3.56. The number of nitrogens with two attached hydrogens (primary N) is 1. The lowest BCUT2D eigenvalue weighted by Gasteiger charge is -2.39. The van der Waals surface area contributed by atoms with Gasteiger partial charge in [0.1, 0.15) is 21.5 Å². The van der Waals surface area contributed by atoms with Crippen LogP contribution in [0.2, 0.25) is 0 Å². The molecule has 108 valence electrons. The summed E-state index contributed by atoms with van der Waals surface area (Å²) in [6.07, 6.45) is 0. The highest BCUT2D eigenvalue weighted by Crippen LogP contribution is 2.39. The van der Waals surface area contributed by atoms with Gasteiger partial charge in [-0.15, -0.1) is 11.3 Å². The molecule has 2 rings (SSSR count). The highest BCUT2D eigenvalue weighted by Gasteiger charge is 2.29. The van der Waals surface area contributed by atoms with Crippen LogP contribution in [0.5, 0.6) is 0 Å². The van der Waals surface area contributed by atoms with E-state index in [9.17, 15) is 10.1 Å². The van der Waals surface area contributed by atoms with Crippen LogP contribution in [0.15, 0.2) is 0 Å². The molecule has 1 aliphatic rings. The van der Waals surface area contributed by atoms with E-state index in [2.05, 4.69) is 35.2 Å². The molecule has 0 spiro atoms. The van der Waals surface area contributed by atoms with Crippen molar-refractivity contribution in [2.75, 3.05) is 44.4 Å². The summed E-state index contributed by atoms with van der Waals surface area (Å²) in [7, 11) is 3.64. The number of nitrogen functional groups attached to an aromatic ring is 1. The van der Waals surface area contributed by atoms with E-state index in [4.69, 9.17) is 5.73 Å². The zero-order chi connectivity index (χ0) is 14.9. The lowest BCUT2D eigenvalue weighted by Crippen LogP contribution is -2.50. The van der Waals surface area contributed by atoms with Gasteiger partial charge < -0.3 is 20.9 Å². The van der Waals surface area contributed by atoms with Gasteiger partial charge in [0.2, 0.25) is 0 Å². The topological polar surface area (TPSA) is 85.4 Å². The Kier molecular flexibility index (Phi) is 4.16. The summed E-state index contributed by atoms with van der Waals surface area (Å²) in [5.74, 6) is -0.239. The number of nitriles is 1. The SMILES string of the molecule is CNC(=O)c1sc(N2CCN(C)CC2C)c(C#N)c1N. The van der Waals surface area contributed by atoms with Gasteiger partial charge in [-0.3, -0.25) is 4.79 Å². The maximum absolute atomic E-state index is 11.8. The summed E-state index contributed by atoms with van der Waals surface area (Å²) >= 11 is 1.30. The maximum Gasteiger partial charge on any atom is 0.263 e. The number of hydrogen-bond acceptors (Lipinski definition) is 6. The van der Waals surface area contributed by atoms with E-state index in [1.807, 2.05) is 0 Å². The Morgan fingerprint density at radius 3 is 2.80 bits per heavy atom. The number of carbonyl (C=O) groups excluding carboxylic acids is 1. The molecule has 0 aliphatic carbocycles. The molecular weight excluding hydrogens is 274 g/mol. The highest BCUT2D eigenvalue weighted by atomic mass is 32.1. The van der Waals surface area contributed by atoms with Crippen LogP contribution in [0.1, 0.15) is 22.2 Å². The van der Waals surface area contributed by atoms with Gasteiger partial charge in [0.25, 0.3) is 5.91 Å². The lowest BCUT2D eigenvalue weighted by molar-refractivity contribution is 0.0968. The number of amides is 1. The molecule has 0 aromatic carbocycles. The van der Waals surface area contributed by atoms with Crippen molar-refractivity contribution in [2.24, 2.45) is 0 Å². The summed E-state index contributed by atoms with van der Waals surface area (Å²) in [6.45, 7) is 4.81. The molecule has 1 unspecified atom stereocenters. The number of likely N-dealkylation sites (N-methyl/N-ethyl adjacent to an activating group) is 1. The van der Waals surface area contributed by atoms with E-state index < -0.39 is 0 Å². The molecule has 1 saturated heterocycles. The van der Waals surface area contributed by atoms with Crippen molar-refractivity contribution in [3.05, 3.63) is 10.4 Å². The molecule has 3 N–H and O–H groups in total. The fourth-order valence-electron chi connectivity index (χ4n) is 2.47. The van der Waals surface area contributed by atoms with Crippen LogP contribution < -0.4 is 16.0 Å². The first-order valence-corrected chi connectivity index (χ1v) is 7.30. The van der Waals surface area contributed by atoms with Crippen molar-refractivity contribution < 1.29 is 4.79 Å². The molecule has 6 nitrogen and oxygen atoms in total. The van der Waals surface area contributed by atoms with Crippen molar-refractivity contribution in [3.8, 4) is 6.07 Å². The molecule has 1 fully saturated rings. The number of nitrogens with zero attached hydrogens (tertiary/aromatic N) is 3. The molecule has 0 radical (unpaired) electrons. The van der Waals surface area contributed by atoms with E-state index in [-0.39, 0.29) is 17.6 Å². The van der Waals surface area contributed by atoms with Gasteiger partial charge >= 0.3 is 0 Å². The smallest absolute Gasteiger partial charge is 0.263 e. The lowest BCUT2D eigenvalue weighted by atomic mass is 10.1. The van der Waals surface area contributed by atoms with Crippen molar-refractivity contribution in [2.45, 2.75) is 13.0 Å². The Labute approximate surface area is 122 Å². The number of rotatable bonds is 2. The summed E-state index contributed by atoms with van der Waals surface area (Å²) in [6, 6.07) is 2.43. The minimum absolute atomic E-state index is 0.239. The second-order valence-corrected chi connectivity index (χ2v) is 6.02. The number of hydrogen-bond donors (Lipinski definition) is 2. The van der Waals surface area contributed by atoms with Crippen molar-refractivity contribution in [1.29, 1.82) is 5.26 Å². The number of nitrogens with one attached hydrogen (secondary N) is 1. The van der Waals surface area contributed by atoms with Crippen LogP contribution in [0, 0.1) is 11.3 Å². The van der Waals surface area contributed by atoms with Crippen LogP contribution in [0.3, 0.4) is 0 Å². The largest absolute Gasteiger partial charge is 0.396 e. The van der Waals surface area contributed by atoms with E-state index in [1.165, 1.54) is 11.3 Å². The van der Waals surface area contributed by atoms with Crippen molar-refractivity contribution in [1.82, 2.24) is 10.2 Å². The standard InChI is InChI=1S/C13H19N5OS/c1-8-7-17(3)4-5-18(8)13-9(6-14)10(15)11(20-13)12(19)16-2/h8H,4-5,7,15H2,1-3H3,(H,16,19). The molecule has 1 atom stereocenters.